The van der Waals surface area contributed by atoms with Gasteiger partial charge in [-0.2, -0.15) is 0 Å². The van der Waals surface area contributed by atoms with Crippen molar-refractivity contribution in [2.75, 3.05) is 0 Å². The van der Waals surface area contributed by atoms with E-state index in [4.69, 9.17) is 9.84 Å². The third-order valence-corrected chi connectivity index (χ3v) is 6.67. The molecule has 8 atom stereocenters. The molecular formula is C24H38NaO6. The summed E-state index contributed by atoms with van der Waals surface area (Å²) in [5.41, 5.74) is 1.21. The van der Waals surface area contributed by atoms with Crippen LogP contribution in [0, 0.1) is 29.6 Å². The molecule has 1 radical (unpaired) electrons. The number of hydrogen-bond acceptors (Lipinski definition) is 5. The van der Waals surface area contributed by atoms with Crippen LogP contribution in [-0.2, 0) is 14.3 Å². The van der Waals surface area contributed by atoms with Crippen molar-refractivity contribution in [1.82, 2.24) is 0 Å². The van der Waals surface area contributed by atoms with Crippen LogP contribution in [-0.4, -0.2) is 75.1 Å². The Balaban J connectivity index is 0.00000480. The molecule has 2 rings (SSSR count). The number of aliphatic hydroxyl groups excluding tert-OH is 2. The van der Waals surface area contributed by atoms with Crippen LogP contribution < -0.4 is 0 Å². The maximum atomic E-state index is 12.5. The van der Waals surface area contributed by atoms with Crippen molar-refractivity contribution in [3.05, 3.63) is 23.8 Å². The van der Waals surface area contributed by atoms with Crippen LogP contribution in [0.2, 0.25) is 0 Å². The molecule has 3 N–H and O–H groups in total. The van der Waals surface area contributed by atoms with E-state index in [1.54, 1.807) is 0 Å². The number of allylic oxidation sites excluding steroid dienone is 3. The van der Waals surface area contributed by atoms with Gasteiger partial charge in [0.2, 0.25) is 0 Å². The van der Waals surface area contributed by atoms with Crippen LogP contribution in [0.4, 0.5) is 0 Å². The molecule has 0 amide bonds. The molecule has 0 saturated heterocycles. The Kier molecular flexibility index (Phi) is 12.0. The summed E-state index contributed by atoms with van der Waals surface area (Å²) in [6.45, 7) is 8.16. The molecule has 0 spiro atoms. The van der Waals surface area contributed by atoms with Gasteiger partial charge in [-0.15, -0.1) is 0 Å². The van der Waals surface area contributed by atoms with Gasteiger partial charge in [0.1, 0.15) is 6.10 Å². The summed E-state index contributed by atoms with van der Waals surface area (Å²) in [6.07, 6.45) is 7.07. The van der Waals surface area contributed by atoms with Crippen LogP contribution in [0.5, 0.6) is 0 Å². The number of carboxylic acids is 1. The van der Waals surface area contributed by atoms with Gasteiger partial charge in [-0.3, -0.25) is 9.59 Å². The number of carbonyl (C=O) groups excluding carboxylic acids is 1. The van der Waals surface area contributed by atoms with Gasteiger partial charge >= 0.3 is 11.9 Å². The Morgan fingerprint density at radius 3 is 2.52 bits per heavy atom. The molecular weight excluding hydrogens is 407 g/mol. The number of aliphatic carboxylic acids is 1. The minimum atomic E-state index is -1.07. The predicted molar refractivity (Wildman–Crippen MR) is 120 cm³/mol. The van der Waals surface area contributed by atoms with Gasteiger partial charge in [0.25, 0.3) is 0 Å². The second-order valence-corrected chi connectivity index (χ2v) is 9.29. The van der Waals surface area contributed by atoms with E-state index in [1.165, 1.54) is 5.57 Å². The van der Waals surface area contributed by atoms with Crippen LogP contribution in [0.1, 0.15) is 66.2 Å². The molecule has 0 fully saturated rings. The Morgan fingerprint density at radius 2 is 1.90 bits per heavy atom. The summed E-state index contributed by atoms with van der Waals surface area (Å²) in [5, 5.41) is 28.9. The average molecular weight is 446 g/mol. The summed E-state index contributed by atoms with van der Waals surface area (Å²) < 4.78 is 6.00. The number of rotatable bonds is 10. The van der Waals surface area contributed by atoms with Crippen LogP contribution in [0.3, 0.4) is 0 Å². The fraction of sp³-hybridized carbons (Fsp3) is 0.750. The van der Waals surface area contributed by atoms with Crippen LogP contribution >= 0.6 is 0 Å². The minimum Gasteiger partial charge on any atom is -0.481 e. The summed E-state index contributed by atoms with van der Waals surface area (Å²) in [5.74, 6) is -0.406. The van der Waals surface area contributed by atoms with E-state index in [-0.39, 0.29) is 78.1 Å². The van der Waals surface area contributed by atoms with Gasteiger partial charge in [0, 0.05) is 35.5 Å². The molecule has 0 aromatic carbocycles. The van der Waals surface area contributed by atoms with E-state index in [9.17, 15) is 19.8 Å². The molecule has 0 aliphatic heterocycles. The molecule has 0 heterocycles. The molecule has 0 aromatic heterocycles. The molecule has 7 heteroatoms. The normalized spacial score (nSPS) is 30.3. The van der Waals surface area contributed by atoms with Gasteiger partial charge in [-0.25, -0.2) is 0 Å². The van der Waals surface area contributed by atoms with Crippen molar-refractivity contribution in [3.63, 3.8) is 0 Å². The molecule has 0 bridgehead atoms. The second-order valence-electron chi connectivity index (χ2n) is 9.29. The van der Waals surface area contributed by atoms with E-state index >= 15 is 0 Å². The van der Waals surface area contributed by atoms with E-state index in [0.29, 0.717) is 12.3 Å². The number of carboxylic acid groups (broad SMARTS) is 1. The molecule has 2 aliphatic carbocycles. The molecule has 0 unspecified atom stereocenters. The van der Waals surface area contributed by atoms with E-state index in [2.05, 4.69) is 32.1 Å². The van der Waals surface area contributed by atoms with Gasteiger partial charge in [-0.1, -0.05) is 45.9 Å². The topological polar surface area (TPSA) is 104 Å². The van der Waals surface area contributed by atoms with Crippen molar-refractivity contribution in [1.29, 1.82) is 0 Å². The molecule has 0 saturated carbocycles. The first-order chi connectivity index (χ1) is 14.1. The molecule has 0 aromatic rings. The summed E-state index contributed by atoms with van der Waals surface area (Å²) in [4.78, 5) is 23.2. The largest absolute Gasteiger partial charge is 0.481 e. The Hall–Kier alpha value is -0.660. The fourth-order valence-corrected chi connectivity index (χ4v) is 4.76. The summed E-state index contributed by atoms with van der Waals surface area (Å²) in [7, 11) is 0. The monoisotopic (exact) mass is 445 g/mol. The second kappa shape index (κ2) is 13.1. The standard InChI is InChI=1S/C24H38O6.Na/c1-5-15(3)24(29)30-21-11-14(2)10-17-7-6-16(4)20(23(17)21)9-8-18(25)12-19(26)13-22(27)28;/h6-7,10,14-16,18-21,23,25-26H,5,8-9,11-13H2,1-4H3,(H,27,28);/t14-,15-,16-,18+,19+,20-,21-,23-;/m0./s1. The third-order valence-electron chi connectivity index (χ3n) is 6.67. The van der Waals surface area contributed by atoms with E-state index < -0.39 is 18.2 Å². The quantitative estimate of drug-likeness (QED) is 0.352. The maximum Gasteiger partial charge on any atom is 0.308 e. The van der Waals surface area contributed by atoms with E-state index in [0.717, 1.165) is 19.3 Å². The van der Waals surface area contributed by atoms with Crippen molar-refractivity contribution >= 4 is 41.5 Å². The Morgan fingerprint density at radius 1 is 1.23 bits per heavy atom. The zero-order valence-electron chi connectivity index (χ0n) is 19.7. The van der Waals surface area contributed by atoms with Gasteiger partial charge in [0.05, 0.1) is 24.5 Å². The van der Waals surface area contributed by atoms with Gasteiger partial charge in [0.15, 0.2) is 0 Å². The molecule has 31 heavy (non-hydrogen) atoms. The number of ether oxygens (including phenoxy) is 1. The number of fused-ring (bicyclic) bond motifs is 1. The Bertz CT molecular complexity index is 660. The van der Waals surface area contributed by atoms with Crippen molar-refractivity contribution < 1.29 is 29.6 Å². The minimum absolute atomic E-state index is 0. The first-order valence-electron chi connectivity index (χ1n) is 11.3. The van der Waals surface area contributed by atoms with Crippen molar-refractivity contribution in [2.45, 2.75) is 84.5 Å². The number of hydrogen-bond donors (Lipinski definition) is 3. The maximum absolute atomic E-state index is 12.5. The number of carbonyl (C=O) groups is 2. The molecule has 6 nitrogen and oxygen atoms in total. The van der Waals surface area contributed by atoms with Gasteiger partial charge in [-0.05, 0) is 55.4 Å². The molecule has 171 valence electrons. The molecule has 2 aliphatic rings. The summed E-state index contributed by atoms with van der Waals surface area (Å²) >= 11 is 0. The first-order valence-corrected chi connectivity index (χ1v) is 11.3. The smallest absolute Gasteiger partial charge is 0.308 e. The SMILES string of the molecule is CC[C@H](C)C(=O)O[C@H]1C[C@@H](C)C=C2C=C[C@H](C)[C@H](CC[C@@H](O)C[C@@H](O)CC(=O)O)[C@H]21.[Na]. The average Bonchev–Trinajstić information content (AvgIpc) is 2.65. The predicted octanol–water partition coefficient (Wildman–Crippen LogP) is 3.33. The third kappa shape index (κ3) is 8.32. The zero-order chi connectivity index (χ0) is 22.4. The van der Waals surface area contributed by atoms with Gasteiger partial charge < -0.3 is 20.1 Å². The number of aliphatic hydroxyl groups is 2. The van der Waals surface area contributed by atoms with Crippen LogP contribution in [0.15, 0.2) is 23.8 Å². The van der Waals surface area contributed by atoms with Crippen molar-refractivity contribution in [2.24, 2.45) is 29.6 Å². The first kappa shape index (κ1) is 28.4. The fourth-order valence-electron chi connectivity index (χ4n) is 4.76. The summed E-state index contributed by atoms with van der Waals surface area (Å²) in [6, 6.07) is 0. The Labute approximate surface area is 208 Å². The van der Waals surface area contributed by atoms with Crippen molar-refractivity contribution in [3.8, 4) is 0 Å². The zero-order valence-corrected chi connectivity index (χ0v) is 21.7. The van der Waals surface area contributed by atoms with Crippen LogP contribution in [0.25, 0.3) is 0 Å². The number of esters is 1. The van der Waals surface area contributed by atoms with E-state index in [1.807, 2.05) is 13.8 Å².